The molecule has 0 radical (unpaired) electrons. The minimum Gasteiger partial charge on any atom is -0.497 e. The van der Waals surface area contributed by atoms with Gasteiger partial charge in [-0.15, -0.1) is 0 Å². The van der Waals surface area contributed by atoms with Crippen molar-refractivity contribution in [3.8, 4) is 23.3 Å². The third-order valence-corrected chi connectivity index (χ3v) is 6.13. The predicted molar refractivity (Wildman–Crippen MR) is 147 cm³/mol. The number of hydrogen-bond donors (Lipinski definition) is 3. The molecule has 9 heteroatoms. The van der Waals surface area contributed by atoms with E-state index in [0.29, 0.717) is 22.7 Å². The first kappa shape index (κ1) is 24.7. The van der Waals surface area contributed by atoms with Gasteiger partial charge < -0.3 is 25.1 Å². The zero-order valence-corrected chi connectivity index (χ0v) is 21.6. The maximum atomic E-state index is 13.0. The van der Waals surface area contributed by atoms with E-state index >= 15 is 0 Å². The van der Waals surface area contributed by atoms with Crippen LogP contribution in [0.2, 0.25) is 0 Å². The van der Waals surface area contributed by atoms with E-state index in [0.717, 1.165) is 40.4 Å². The monoisotopic (exact) mass is 508 g/mol. The first-order chi connectivity index (χ1) is 18.4. The summed E-state index contributed by atoms with van der Waals surface area (Å²) >= 11 is 0. The molecule has 0 spiro atoms. The highest BCUT2D eigenvalue weighted by atomic mass is 16.5. The second-order valence-electron chi connectivity index (χ2n) is 8.82. The van der Waals surface area contributed by atoms with Crippen LogP contribution >= 0.6 is 0 Å². The number of fused-ring (bicyclic) bond motifs is 1. The van der Waals surface area contributed by atoms with Gasteiger partial charge in [0.2, 0.25) is 0 Å². The molecule has 1 amide bonds. The molecule has 0 bridgehead atoms. The number of amides is 1. The zero-order chi connectivity index (χ0) is 26.6. The Balaban J connectivity index is 1.39. The fraction of sp³-hybridized carbons (Fsp3) is 0.172. The van der Waals surface area contributed by atoms with Gasteiger partial charge in [-0.1, -0.05) is 12.0 Å². The summed E-state index contributed by atoms with van der Waals surface area (Å²) < 4.78 is 12.5. The van der Waals surface area contributed by atoms with Crippen LogP contribution in [-0.2, 0) is 0 Å². The number of imidazole rings is 1. The van der Waals surface area contributed by atoms with E-state index in [1.54, 1.807) is 50.7 Å². The van der Waals surface area contributed by atoms with Crippen LogP contribution in [0.25, 0.3) is 5.65 Å². The largest absolute Gasteiger partial charge is 0.497 e. The summed E-state index contributed by atoms with van der Waals surface area (Å²) in [5.74, 6) is 7.37. The van der Waals surface area contributed by atoms with Crippen LogP contribution < -0.4 is 25.5 Å². The molecule has 5 rings (SSSR count). The van der Waals surface area contributed by atoms with Gasteiger partial charge in [-0.2, -0.15) is 0 Å². The van der Waals surface area contributed by atoms with Crippen LogP contribution in [0.5, 0.6) is 11.5 Å². The highest BCUT2D eigenvalue weighted by Crippen LogP contribution is 2.26. The van der Waals surface area contributed by atoms with Gasteiger partial charge in [-0.3, -0.25) is 9.20 Å². The number of nitrogens with zero attached hydrogens (tertiary/aromatic N) is 3. The first-order valence-electron chi connectivity index (χ1n) is 12.0. The van der Waals surface area contributed by atoms with Crippen molar-refractivity contribution in [2.45, 2.75) is 6.92 Å². The van der Waals surface area contributed by atoms with Crippen LogP contribution in [0, 0.1) is 18.8 Å². The van der Waals surface area contributed by atoms with Crippen molar-refractivity contribution in [3.63, 3.8) is 0 Å². The van der Waals surface area contributed by atoms with Gasteiger partial charge in [0.25, 0.3) is 5.91 Å². The maximum Gasteiger partial charge on any atom is 0.255 e. The van der Waals surface area contributed by atoms with E-state index in [9.17, 15) is 4.79 Å². The Bertz CT molecular complexity index is 1590. The molecule has 192 valence electrons. The molecule has 3 N–H and O–H groups in total. The van der Waals surface area contributed by atoms with E-state index < -0.39 is 0 Å². The lowest BCUT2D eigenvalue weighted by atomic mass is 10.0. The van der Waals surface area contributed by atoms with Gasteiger partial charge in [0, 0.05) is 60.2 Å². The Morgan fingerprint density at radius 2 is 1.87 bits per heavy atom. The normalized spacial score (nSPS) is 12.5. The number of rotatable bonds is 6. The molecule has 2 aromatic carbocycles. The summed E-state index contributed by atoms with van der Waals surface area (Å²) in [4.78, 5) is 17.6. The van der Waals surface area contributed by atoms with E-state index in [1.807, 2.05) is 54.0 Å². The number of carbonyl (C=O) groups excluding carboxylic acids is 1. The summed E-state index contributed by atoms with van der Waals surface area (Å²) in [7, 11) is 5.08. The van der Waals surface area contributed by atoms with Gasteiger partial charge in [0.15, 0.2) is 5.65 Å². The highest BCUT2D eigenvalue weighted by molar-refractivity contribution is 6.04. The summed E-state index contributed by atoms with van der Waals surface area (Å²) in [6.45, 7) is 2.69. The van der Waals surface area contributed by atoms with Gasteiger partial charge in [-0.25, -0.2) is 10.4 Å². The SMILES string of the molecule is COc1cc(NC(=O)c2ccc(C)c(C#Cc3cnc4c(NC5=CN(C)NC5)cccn34)c2)cc(OC)c1. The highest BCUT2D eigenvalue weighted by Gasteiger charge is 2.13. The average molecular weight is 509 g/mol. The number of hydrazine groups is 1. The summed E-state index contributed by atoms with van der Waals surface area (Å²) in [5.41, 5.74) is 9.49. The number of methoxy groups -OCH3 is 2. The second kappa shape index (κ2) is 10.6. The number of aromatic nitrogens is 2. The number of benzene rings is 2. The van der Waals surface area contributed by atoms with Gasteiger partial charge in [0.1, 0.15) is 17.2 Å². The molecule has 0 unspecified atom stereocenters. The minimum atomic E-state index is -0.254. The molecule has 2 aromatic heterocycles. The lowest BCUT2D eigenvalue weighted by Gasteiger charge is -2.10. The smallest absolute Gasteiger partial charge is 0.255 e. The second-order valence-corrected chi connectivity index (χ2v) is 8.82. The van der Waals surface area contributed by atoms with Crippen molar-refractivity contribution < 1.29 is 14.3 Å². The van der Waals surface area contributed by atoms with Crippen LogP contribution in [0.1, 0.15) is 27.2 Å². The minimum absolute atomic E-state index is 0.254. The molecule has 38 heavy (non-hydrogen) atoms. The summed E-state index contributed by atoms with van der Waals surface area (Å²) in [6.07, 6.45) is 5.69. The number of carbonyl (C=O) groups is 1. The van der Waals surface area contributed by atoms with Crippen LogP contribution in [-0.4, -0.2) is 48.1 Å². The maximum absolute atomic E-state index is 13.0. The van der Waals surface area contributed by atoms with Crippen molar-refractivity contribution in [3.05, 3.63) is 95.2 Å². The molecular formula is C29H28N6O3. The predicted octanol–water partition coefficient (Wildman–Crippen LogP) is 4.02. The zero-order valence-electron chi connectivity index (χ0n) is 21.6. The van der Waals surface area contributed by atoms with E-state index in [4.69, 9.17) is 9.47 Å². The van der Waals surface area contributed by atoms with Gasteiger partial charge in [0.05, 0.1) is 32.6 Å². The molecule has 0 atom stereocenters. The number of hydrogen-bond acceptors (Lipinski definition) is 7. The molecule has 0 fully saturated rings. The molecule has 1 aliphatic heterocycles. The number of aryl methyl sites for hydroxylation is 1. The molecule has 3 heterocycles. The van der Waals surface area contributed by atoms with Crippen LogP contribution in [0.15, 0.2) is 72.8 Å². The Labute approximate surface area is 221 Å². The molecule has 0 aliphatic carbocycles. The number of nitrogens with one attached hydrogen (secondary N) is 3. The molecule has 9 nitrogen and oxygen atoms in total. The molecule has 1 aliphatic rings. The quantitative estimate of drug-likeness (QED) is 0.339. The fourth-order valence-electron chi connectivity index (χ4n) is 4.10. The van der Waals surface area contributed by atoms with E-state index in [-0.39, 0.29) is 5.91 Å². The van der Waals surface area contributed by atoms with Crippen molar-refractivity contribution in [1.82, 2.24) is 19.8 Å². The third kappa shape index (κ3) is 5.26. The third-order valence-electron chi connectivity index (χ3n) is 6.13. The van der Waals surface area contributed by atoms with E-state index in [1.165, 1.54) is 0 Å². The lowest BCUT2D eigenvalue weighted by molar-refractivity contribution is 0.102. The fourth-order valence-corrected chi connectivity index (χ4v) is 4.10. The van der Waals surface area contributed by atoms with Gasteiger partial charge in [-0.05, 0) is 42.7 Å². The molecular weight excluding hydrogens is 480 g/mol. The van der Waals surface area contributed by atoms with Gasteiger partial charge >= 0.3 is 0 Å². The molecule has 0 saturated carbocycles. The number of anilines is 2. The Hall–Kier alpha value is -4.94. The summed E-state index contributed by atoms with van der Waals surface area (Å²) in [5, 5.41) is 8.25. The first-order valence-corrected chi connectivity index (χ1v) is 12.0. The number of pyridine rings is 1. The van der Waals surface area contributed by atoms with Crippen molar-refractivity contribution in [2.24, 2.45) is 0 Å². The van der Waals surface area contributed by atoms with Crippen molar-refractivity contribution in [1.29, 1.82) is 0 Å². The standard InChI is InChI=1S/C29H28N6O3/c1-19-7-8-21(29(36)33-22-13-25(37-3)15-26(14-22)38-4)12-20(19)9-10-24-17-30-28-27(6-5-11-35(24)28)32-23-16-31-34(2)18-23/h5-8,11-15,17-18,31-32H,16H2,1-4H3,(H,33,36). The van der Waals surface area contributed by atoms with Crippen LogP contribution in [0.3, 0.4) is 0 Å². The van der Waals surface area contributed by atoms with E-state index in [2.05, 4.69) is 32.9 Å². The Morgan fingerprint density at radius 3 is 2.58 bits per heavy atom. The number of ether oxygens (including phenoxy) is 2. The Morgan fingerprint density at radius 1 is 1.08 bits per heavy atom. The van der Waals surface area contributed by atoms with Crippen molar-refractivity contribution in [2.75, 3.05) is 38.4 Å². The lowest BCUT2D eigenvalue weighted by Crippen LogP contribution is -2.24. The van der Waals surface area contributed by atoms with Crippen LogP contribution in [0.4, 0.5) is 11.4 Å². The average Bonchev–Trinajstić information content (AvgIpc) is 3.54. The molecule has 0 saturated heterocycles. The summed E-state index contributed by atoms with van der Waals surface area (Å²) in [6, 6.07) is 14.6. The van der Waals surface area contributed by atoms with Crippen molar-refractivity contribution >= 4 is 22.9 Å². The molecule has 4 aromatic rings. The topological polar surface area (TPSA) is 92.2 Å². The Kier molecular flexibility index (Phi) is 6.89.